The van der Waals surface area contributed by atoms with Gasteiger partial charge in [0.05, 0.1) is 38.7 Å². The first-order valence-corrected chi connectivity index (χ1v) is 41.3. The van der Waals surface area contributed by atoms with Crippen molar-refractivity contribution in [2.45, 2.75) is 137 Å². The number of aliphatic hydroxyl groups is 2. The topological polar surface area (TPSA) is 189 Å². The molecular formula is C94H114BBr3N6O11. The van der Waals surface area contributed by atoms with E-state index in [1.54, 1.807) is 56.0 Å². The van der Waals surface area contributed by atoms with Crippen LogP contribution in [0, 0.1) is 0 Å². The van der Waals surface area contributed by atoms with E-state index in [2.05, 4.69) is 250 Å². The number of ether oxygens (including phenoxy) is 2. The summed E-state index contributed by atoms with van der Waals surface area (Å²) in [6, 6.07) is 73.4. The number of rotatable bonds is 23. The number of esters is 2. The van der Waals surface area contributed by atoms with Gasteiger partial charge in [-0.15, -0.1) is 0 Å². The predicted octanol–water partition coefficient (Wildman–Crippen LogP) is 18.3. The zero-order valence-electron chi connectivity index (χ0n) is 67.2. The van der Waals surface area contributed by atoms with Gasteiger partial charge in [0, 0.05) is 159 Å². The number of furan rings is 3. The average molecular weight is 1750 g/mol. The zero-order valence-corrected chi connectivity index (χ0v) is 71.9. The van der Waals surface area contributed by atoms with Crippen molar-refractivity contribution in [1.29, 1.82) is 0 Å². The molecule has 3 aromatic heterocycles. The van der Waals surface area contributed by atoms with Gasteiger partial charge in [0.15, 0.2) is 5.78 Å². The molecule has 0 radical (unpaired) electrons. The lowest BCUT2D eigenvalue weighted by atomic mass is 9.69. The molecule has 21 heteroatoms. The molecule has 0 aliphatic carbocycles. The molecule has 3 aliphatic heterocycles. The van der Waals surface area contributed by atoms with E-state index in [-0.39, 0.29) is 25.1 Å². The highest BCUT2D eigenvalue weighted by Crippen LogP contribution is 2.28. The van der Waals surface area contributed by atoms with Crippen LogP contribution in [0.25, 0.3) is 40.9 Å². The monoisotopic (exact) mass is 1750 g/mol. The first kappa shape index (κ1) is 93.5. The summed E-state index contributed by atoms with van der Waals surface area (Å²) in [5.74, 6) is 0.851. The summed E-state index contributed by atoms with van der Waals surface area (Å²) in [6.45, 7) is 26.6. The average Bonchev–Trinajstić information content (AvgIpc) is 1.20. The quantitative estimate of drug-likeness (QED) is 0.0237. The van der Waals surface area contributed by atoms with Crippen molar-refractivity contribution in [2.75, 3.05) is 67.2 Å². The molecule has 3 fully saturated rings. The Morgan fingerprint density at radius 2 is 0.696 bits per heavy atom. The Bertz CT molecular complexity index is 4280. The summed E-state index contributed by atoms with van der Waals surface area (Å²) >= 11 is 10.2. The van der Waals surface area contributed by atoms with Crippen molar-refractivity contribution in [3.8, 4) is 22.6 Å². The van der Waals surface area contributed by atoms with Crippen molar-refractivity contribution in [3.05, 3.63) is 308 Å². The molecule has 10 aromatic rings. The second kappa shape index (κ2) is 49.4. The van der Waals surface area contributed by atoms with Gasteiger partial charge in [0.1, 0.15) is 18.1 Å². The fourth-order valence-electron chi connectivity index (χ4n) is 14.2. The maximum absolute atomic E-state index is 11.3. The van der Waals surface area contributed by atoms with Crippen molar-refractivity contribution in [2.24, 2.45) is 0 Å². The number of hydrogen-bond donors (Lipinski definition) is 3. The van der Waals surface area contributed by atoms with Crippen LogP contribution in [0.1, 0.15) is 105 Å². The maximum atomic E-state index is 11.3. The maximum Gasteiger partial charge on any atom is 0.362 e. The van der Waals surface area contributed by atoms with Gasteiger partial charge >= 0.3 is 18.9 Å². The normalized spacial score (nSPS) is 18.1. The van der Waals surface area contributed by atoms with Crippen LogP contribution in [-0.4, -0.2) is 173 Å². The number of alkyl halides is 1. The molecule has 6 atom stereocenters. The van der Waals surface area contributed by atoms with E-state index in [0.717, 1.165) is 139 Å². The molecule has 3 N–H and O–H groups in total. The van der Waals surface area contributed by atoms with Crippen LogP contribution in [0.2, 0.25) is 6.82 Å². The smallest absolute Gasteiger partial charge is 0.362 e. The summed E-state index contributed by atoms with van der Waals surface area (Å²) in [5.41, 5.74) is 14.9. The Kier molecular flexibility index (Phi) is 40.2. The molecule has 0 bridgehead atoms. The number of hydrogen-bond acceptors (Lipinski definition) is 17. The molecule has 0 amide bonds. The second-order valence-corrected chi connectivity index (χ2v) is 31.4. The summed E-state index contributed by atoms with van der Waals surface area (Å²) in [5, 5.41) is 25.6. The minimum absolute atomic E-state index is 0. The summed E-state index contributed by atoms with van der Waals surface area (Å²) in [7, 11) is 3.77. The highest BCUT2D eigenvalue weighted by Gasteiger charge is 2.32. The van der Waals surface area contributed by atoms with Crippen LogP contribution in [0.3, 0.4) is 0 Å². The van der Waals surface area contributed by atoms with E-state index in [1.165, 1.54) is 71.4 Å². The van der Waals surface area contributed by atoms with Crippen LogP contribution in [0.5, 0.6) is 0 Å². The second-order valence-electron chi connectivity index (χ2n) is 29.0. The standard InChI is InChI=1S/2C28H32N2O3.C24H29BrN2O2.C7H6Br2.C5H7BO2.CH4O.CH4/c1-21-17-29(19-24-10-13-26(14-11-24)27-5-4-16-33-27)18-22(2)30(21)20-25-8-6-23(7-9-25)12-15-28(31)32-3;1-21-16-29(18-24-9-12-26(13-10-24)28-4-3-15-33-28)17-22(2)30(21)19-25-7-5-23(6-8-25)11-14-27(32)20-31;1-18-14-26(16-21-8-11-23(25)12-9-21)15-19(2)27(18)17-22-6-4-20(5-7-22)10-13-24(28)29-3;8-5-6-1-3-7(9)4-2-6;1-6(7)5-3-2-4-8-5;1-2;/h4-16,21-22H,17-20H2,1-3H3;3-15,21-22,31H,16-20H2,1-2H3;4-13,18-19H,14-17H2,1-3H3;1-4H,5H2;2-4,7H,1H3;2H,1H3;1H4/b15-12+;14-11+;13-10+;;;;/t2*21-,22+;18-,19+;;;;. The molecule has 6 heterocycles. The van der Waals surface area contributed by atoms with Crippen molar-refractivity contribution in [3.63, 3.8) is 0 Å². The van der Waals surface area contributed by atoms with Crippen molar-refractivity contribution >= 4 is 96.3 Å². The number of benzene rings is 7. The molecule has 13 rings (SSSR count). The molecule has 3 saturated heterocycles. The Balaban J connectivity index is 0.000000213. The number of carbonyl (C=O) groups excluding carboxylic acids is 3. The Hall–Kier alpha value is -8.65. The molecule has 17 nitrogen and oxygen atoms in total. The van der Waals surface area contributed by atoms with Gasteiger partial charge < -0.3 is 38.0 Å². The van der Waals surface area contributed by atoms with Crippen LogP contribution in [0.15, 0.2) is 265 Å². The first-order chi connectivity index (χ1) is 55.1. The van der Waals surface area contributed by atoms with E-state index < -0.39 is 13.5 Å². The molecule has 115 heavy (non-hydrogen) atoms. The third kappa shape index (κ3) is 31.4. The van der Waals surface area contributed by atoms with Gasteiger partial charge in [-0.05, 0) is 176 Å². The number of methoxy groups -OCH3 is 2. The molecule has 0 unspecified atom stereocenters. The number of piperazine rings is 3. The SMILES string of the molecule is BrCc1ccc(Br)cc1.C.CB(O)c1ccco1.CO.COC(=O)/C=C/c1ccc(CN2[C@H](C)CN(Cc3ccc(-c4ccco4)cc3)C[C@@H]2C)cc1.COC(=O)/C=C/c1ccc(CN2[C@H](C)CN(Cc3ccc(Br)cc3)C[C@@H]2C)cc1.C[C@@H]1CN(Cc2ccc(-c3ccco3)cc2)C[C@H](C)N1Cc1ccc(/C=C/C(=O)CO)cc1. The third-order valence-corrected chi connectivity index (χ3v) is 21.8. The molecule has 610 valence electrons. The van der Waals surface area contributed by atoms with Gasteiger partial charge in [0.25, 0.3) is 0 Å². The van der Waals surface area contributed by atoms with Crippen molar-refractivity contribution in [1.82, 2.24) is 29.4 Å². The van der Waals surface area contributed by atoms with Gasteiger partial charge in [-0.3, -0.25) is 34.2 Å². The zero-order chi connectivity index (χ0) is 81.9. The van der Waals surface area contributed by atoms with Gasteiger partial charge in [0.2, 0.25) is 0 Å². The van der Waals surface area contributed by atoms with Crippen LogP contribution in [0.4, 0.5) is 0 Å². The van der Waals surface area contributed by atoms with Crippen LogP contribution in [-0.2, 0) is 68.5 Å². The first-order valence-electron chi connectivity index (χ1n) is 38.6. The minimum Gasteiger partial charge on any atom is -0.476 e. The lowest BCUT2D eigenvalue weighted by Gasteiger charge is -2.44. The number of carbonyl (C=O) groups is 3. The molecule has 7 aromatic carbocycles. The van der Waals surface area contributed by atoms with E-state index >= 15 is 0 Å². The van der Waals surface area contributed by atoms with E-state index in [1.807, 2.05) is 72.8 Å². The Morgan fingerprint density at radius 1 is 0.417 bits per heavy atom. The van der Waals surface area contributed by atoms with E-state index in [0.29, 0.717) is 41.9 Å². The fourth-order valence-corrected chi connectivity index (χ4v) is 15.1. The highest BCUT2D eigenvalue weighted by molar-refractivity contribution is 9.10. The number of nitrogens with zero attached hydrogens (tertiary/aromatic N) is 6. The lowest BCUT2D eigenvalue weighted by Crippen LogP contribution is -2.55. The molecular weight excluding hydrogens is 1640 g/mol. The highest BCUT2D eigenvalue weighted by atomic mass is 79.9. The number of aliphatic hydroxyl groups excluding tert-OH is 2. The minimum atomic E-state index is -0.481. The molecule has 0 saturated carbocycles. The molecule has 0 spiro atoms. The van der Waals surface area contributed by atoms with Gasteiger partial charge in [-0.1, -0.05) is 214 Å². The Labute approximate surface area is 707 Å². The fraction of sp³-hybridized carbons (Fsp3) is 0.330. The summed E-state index contributed by atoms with van der Waals surface area (Å²) in [4.78, 5) is 49.1. The van der Waals surface area contributed by atoms with Crippen molar-refractivity contribution < 1.29 is 52.3 Å². The van der Waals surface area contributed by atoms with E-state index in [9.17, 15) is 14.4 Å². The summed E-state index contributed by atoms with van der Waals surface area (Å²) in [6.07, 6.45) is 14.6. The molecule has 3 aliphatic rings. The van der Waals surface area contributed by atoms with Gasteiger partial charge in [-0.25, -0.2) is 9.59 Å². The van der Waals surface area contributed by atoms with Crippen LogP contribution < -0.4 is 5.66 Å². The Morgan fingerprint density at radius 3 is 0.957 bits per heavy atom. The predicted molar refractivity (Wildman–Crippen MR) is 478 cm³/mol. The van der Waals surface area contributed by atoms with Crippen LogP contribution >= 0.6 is 47.8 Å². The lowest BCUT2D eigenvalue weighted by molar-refractivity contribution is -0.135. The summed E-state index contributed by atoms with van der Waals surface area (Å²) < 4.78 is 27.4. The van der Waals surface area contributed by atoms with Gasteiger partial charge in [-0.2, -0.15) is 0 Å². The number of ketones is 1. The number of halogens is 3. The third-order valence-electron chi connectivity index (χ3n) is 20.1. The largest absolute Gasteiger partial charge is 0.476 e. The van der Waals surface area contributed by atoms with E-state index in [4.69, 9.17) is 28.5 Å².